The molecule has 4 saturated carbocycles. The van der Waals surface area contributed by atoms with Crippen LogP contribution in [0.3, 0.4) is 0 Å². The van der Waals surface area contributed by atoms with E-state index in [1.165, 1.54) is 12.8 Å². The summed E-state index contributed by atoms with van der Waals surface area (Å²) in [4.78, 5) is 0. The van der Waals surface area contributed by atoms with Crippen LogP contribution in [0.25, 0.3) is 0 Å². The summed E-state index contributed by atoms with van der Waals surface area (Å²) in [6, 6.07) is 0. The van der Waals surface area contributed by atoms with Gasteiger partial charge in [0.2, 0.25) is 0 Å². The SMILES string of the molecule is CC(C)[C@@H](C)CC[C@@H](C)[C@H]1CCC2C3C[C@@H](O)[C@@]4(O)C[C@@H](O)C[C@H](O)[C@]4(C)C3[C@H](O)C[C@@]21C. The lowest BCUT2D eigenvalue weighted by atomic mass is 9.41. The number of aliphatic hydroxyl groups excluding tert-OH is 4. The molecule has 0 heterocycles. The van der Waals surface area contributed by atoms with Gasteiger partial charge in [0.25, 0.3) is 0 Å². The molecule has 5 nitrogen and oxygen atoms in total. The minimum absolute atomic E-state index is 0.0196. The maximum atomic E-state index is 11.6. The Kier molecular flexibility index (Phi) is 6.84. The summed E-state index contributed by atoms with van der Waals surface area (Å²) in [7, 11) is 0. The molecule has 0 radical (unpaired) electrons. The number of hydrogen-bond donors (Lipinski definition) is 5. The molecule has 0 spiro atoms. The highest BCUT2D eigenvalue weighted by molar-refractivity contribution is 5.21. The van der Waals surface area contributed by atoms with Crippen LogP contribution in [-0.2, 0) is 0 Å². The van der Waals surface area contributed by atoms with Crippen molar-refractivity contribution in [1.29, 1.82) is 0 Å². The molecule has 0 aliphatic heterocycles. The molecule has 5 heteroatoms. The summed E-state index contributed by atoms with van der Waals surface area (Å²) in [5.41, 5.74) is -2.57. The molecule has 4 fully saturated rings. The van der Waals surface area contributed by atoms with Gasteiger partial charge in [-0.25, -0.2) is 0 Å². The van der Waals surface area contributed by atoms with Gasteiger partial charge in [0.15, 0.2) is 0 Å². The zero-order chi connectivity index (χ0) is 24.5. The molecular weight excluding hydrogens is 416 g/mol. The lowest BCUT2D eigenvalue weighted by molar-refractivity contribution is -0.310. The Labute approximate surface area is 201 Å². The fourth-order valence-electron chi connectivity index (χ4n) is 9.47. The van der Waals surface area contributed by atoms with Crippen molar-refractivity contribution in [2.24, 2.45) is 52.3 Å². The van der Waals surface area contributed by atoms with Gasteiger partial charge in [0, 0.05) is 11.8 Å². The molecular formula is C28H50O5. The molecule has 0 bridgehead atoms. The van der Waals surface area contributed by atoms with E-state index in [9.17, 15) is 25.5 Å². The third kappa shape index (κ3) is 3.75. The first-order chi connectivity index (χ1) is 15.3. The van der Waals surface area contributed by atoms with Crippen LogP contribution in [0, 0.1) is 52.3 Å². The van der Waals surface area contributed by atoms with Gasteiger partial charge in [0.1, 0.15) is 5.60 Å². The fraction of sp³-hybridized carbons (Fsp3) is 1.00. The van der Waals surface area contributed by atoms with Crippen LogP contribution in [0.4, 0.5) is 0 Å². The number of hydrogen-bond acceptors (Lipinski definition) is 5. The van der Waals surface area contributed by atoms with Gasteiger partial charge in [-0.3, -0.25) is 0 Å². The monoisotopic (exact) mass is 466 g/mol. The molecule has 0 amide bonds. The number of aliphatic hydroxyl groups is 5. The van der Waals surface area contributed by atoms with Crippen LogP contribution >= 0.6 is 0 Å². The van der Waals surface area contributed by atoms with Crippen molar-refractivity contribution >= 4 is 0 Å². The minimum atomic E-state index is -1.57. The highest BCUT2D eigenvalue weighted by Crippen LogP contribution is 2.69. The van der Waals surface area contributed by atoms with Crippen molar-refractivity contribution in [2.45, 2.75) is 123 Å². The third-order valence-electron chi connectivity index (χ3n) is 11.8. The van der Waals surface area contributed by atoms with E-state index in [-0.39, 0.29) is 30.1 Å². The summed E-state index contributed by atoms with van der Waals surface area (Å²) in [5.74, 6) is 2.77. The molecule has 192 valence electrons. The van der Waals surface area contributed by atoms with Gasteiger partial charge in [-0.2, -0.15) is 0 Å². The highest BCUT2D eigenvalue weighted by Gasteiger charge is 2.72. The maximum Gasteiger partial charge on any atom is 0.101 e. The van der Waals surface area contributed by atoms with E-state index in [1.54, 1.807) is 0 Å². The van der Waals surface area contributed by atoms with Crippen LogP contribution in [0.15, 0.2) is 0 Å². The van der Waals surface area contributed by atoms with Crippen LogP contribution in [0.5, 0.6) is 0 Å². The molecule has 4 aliphatic carbocycles. The largest absolute Gasteiger partial charge is 0.393 e. The second-order valence-corrected chi connectivity index (χ2v) is 13.6. The molecule has 33 heavy (non-hydrogen) atoms. The molecule has 3 unspecified atom stereocenters. The van der Waals surface area contributed by atoms with Crippen molar-refractivity contribution in [2.75, 3.05) is 0 Å². The molecule has 4 aliphatic rings. The van der Waals surface area contributed by atoms with Crippen molar-refractivity contribution in [3.8, 4) is 0 Å². The van der Waals surface area contributed by atoms with E-state index < -0.39 is 35.4 Å². The van der Waals surface area contributed by atoms with Gasteiger partial charge in [0.05, 0.1) is 24.4 Å². The molecule has 4 rings (SSSR count). The lowest BCUT2D eigenvalue weighted by Gasteiger charge is -2.67. The normalized spacial score (nSPS) is 53.8. The summed E-state index contributed by atoms with van der Waals surface area (Å²) < 4.78 is 0. The van der Waals surface area contributed by atoms with Crippen LogP contribution in [0.1, 0.15) is 92.9 Å². The standard InChI is InChI=1S/C28H50O5/c1-15(2)16(3)7-8-17(4)20-9-10-21-19-12-24(32)28(33)13-18(29)11-23(31)27(28,6)25(19)22(30)14-26(20,21)5/h15-25,29-33H,7-14H2,1-6H3/t16-,17+,18-,19?,20+,21?,22+,23-,24+,25?,26+,27+,28-/m0/s1. The van der Waals surface area contributed by atoms with E-state index in [0.717, 1.165) is 12.8 Å². The average Bonchev–Trinajstić information content (AvgIpc) is 3.05. The summed E-state index contributed by atoms with van der Waals surface area (Å²) in [5, 5.41) is 55.9. The zero-order valence-corrected chi connectivity index (χ0v) is 21.7. The number of rotatable bonds is 5. The van der Waals surface area contributed by atoms with Crippen LogP contribution in [-0.4, -0.2) is 55.5 Å². The van der Waals surface area contributed by atoms with E-state index >= 15 is 0 Å². The van der Waals surface area contributed by atoms with Crippen LogP contribution in [0.2, 0.25) is 0 Å². The molecule has 5 N–H and O–H groups in total. The summed E-state index contributed by atoms with van der Waals surface area (Å²) in [6.45, 7) is 13.6. The molecule has 0 aromatic carbocycles. The Balaban J connectivity index is 1.60. The Morgan fingerprint density at radius 3 is 2.15 bits per heavy atom. The Morgan fingerprint density at radius 2 is 1.52 bits per heavy atom. The third-order valence-corrected chi connectivity index (χ3v) is 11.8. The van der Waals surface area contributed by atoms with E-state index in [0.29, 0.717) is 42.4 Å². The van der Waals surface area contributed by atoms with Gasteiger partial charge in [-0.15, -0.1) is 0 Å². The van der Waals surface area contributed by atoms with Crippen molar-refractivity contribution < 1.29 is 25.5 Å². The topological polar surface area (TPSA) is 101 Å². The van der Waals surface area contributed by atoms with Crippen LogP contribution < -0.4 is 0 Å². The number of fused-ring (bicyclic) bond motifs is 5. The molecule has 0 aromatic rings. The predicted molar refractivity (Wildman–Crippen MR) is 129 cm³/mol. The minimum Gasteiger partial charge on any atom is -0.393 e. The van der Waals surface area contributed by atoms with Crippen molar-refractivity contribution in [3.05, 3.63) is 0 Å². The van der Waals surface area contributed by atoms with Gasteiger partial charge < -0.3 is 25.5 Å². The van der Waals surface area contributed by atoms with Crippen molar-refractivity contribution in [3.63, 3.8) is 0 Å². The first kappa shape index (κ1) is 25.9. The predicted octanol–water partition coefficient (Wildman–Crippen LogP) is 3.74. The molecule has 0 aromatic heterocycles. The Morgan fingerprint density at radius 1 is 0.848 bits per heavy atom. The van der Waals surface area contributed by atoms with Crippen molar-refractivity contribution in [1.82, 2.24) is 0 Å². The van der Waals surface area contributed by atoms with Gasteiger partial charge in [-0.1, -0.05) is 54.4 Å². The smallest absolute Gasteiger partial charge is 0.101 e. The van der Waals surface area contributed by atoms with E-state index in [2.05, 4.69) is 34.6 Å². The zero-order valence-electron chi connectivity index (χ0n) is 21.7. The first-order valence-electron chi connectivity index (χ1n) is 13.7. The first-order valence-corrected chi connectivity index (χ1v) is 13.7. The highest BCUT2D eigenvalue weighted by atomic mass is 16.4. The summed E-state index contributed by atoms with van der Waals surface area (Å²) >= 11 is 0. The second kappa shape index (κ2) is 8.73. The summed E-state index contributed by atoms with van der Waals surface area (Å²) in [6.07, 6.45) is 2.72. The molecule has 13 atom stereocenters. The van der Waals surface area contributed by atoms with E-state index in [1.807, 2.05) is 6.92 Å². The average molecular weight is 467 g/mol. The second-order valence-electron chi connectivity index (χ2n) is 13.6. The van der Waals surface area contributed by atoms with E-state index in [4.69, 9.17) is 0 Å². The molecule has 0 saturated heterocycles. The Hall–Kier alpha value is -0.200. The fourth-order valence-corrected chi connectivity index (χ4v) is 9.47. The Bertz CT molecular complexity index is 712. The van der Waals surface area contributed by atoms with Gasteiger partial charge >= 0.3 is 0 Å². The lowest BCUT2D eigenvalue weighted by Crippen LogP contribution is -2.74. The maximum absolute atomic E-state index is 11.6. The van der Waals surface area contributed by atoms with Gasteiger partial charge in [-0.05, 0) is 78.9 Å². The quantitative estimate of drug-likeness (QED) is 0.425.